The van der Waals surface area contributed by atoms with Gasteiger partial charge in [-0.15, -0.1) is 0 Å². The number of benzene rings is 1. The maximum absolute atomic E-state index is 12.7. The molecule has 9 heteroatoms. The third kappa shape index (κ3) is 6.09. The third-order valence-corrected chi connectivity index (χ3v) is 6.81. The highest BCUT2D eigenvalue weighted by atomic mass is 16.5. The SMILES string of the molecule is C=C(/C=C\C=C1/CCN(C2CCC(=O)NC2=O)C1=O)OCc1ccc(CN2CCCC2C(=O)O)cc1. The van der Waals surface area contributed by atoms with Crippen molar-refractivity contribution in [2.75, 3.05) is 13.1 Å². The predicted octanol–water partition coefficient (Wildman–Crippen LogP) is 2.29. The first kappa shape index (κ1) is 25.4. The lowest BCUT2D eigenvalue weighted by molar-refractivity contribution is -0.143. The molecular weight excluding hydrogens is 462 g/mol. The van der Waals surface area contributed by atoms with Crippen LogP contribution in [-0.4, -0.2) is 63.8 Å². The Morgan fingerprint density at radius 2 is 1.86 bits per heavy atom. The fourth-order valence-corrected chi connectivity index (χ4v) is 4.83. The number of piperidine rings is 1. The minimum atomic E-state index is -0.760. The van der Waals surface area contributed by atoms with Crippen molar-refractivity contribution >= 4 is 23.7 Å². The molecule has 2 N–H and O–H groups in total. The molecule has 0 aliphatic carbocycles. The summed E-state index contributed by atoms with van der Waals surface area (Å²) < 4.78 is 5.70. The number of amides is 3. The molecule has 0 bridgehead atoms. The largest absolute Gasteiger partial charge is 0.490 e. The molecule has 3 fully saturated rings. The lowest BCUT2D eigenvalue weighted by Gasteiger charge is -2.29. The molecule has 3 aliphatic rings. The van der Waals surface area contributed by atoms with Gasteiger partial charge in [-0.3, -0.25) is 29.4 Å². The average molecular weight is 494 g/mol. The fourth-order valence-electron chi connectivity index (χ4n) is 4.83. The van der Waals surface area contributed by atoms with Gasteiger partial charge in [-0.1, -0.05) is 43.0 Å². The van der Waals surface area contributed by atoms with Crippen molar-refractivity contribution in [3.05, 3.63) is 71.5 Å². The molecule has 190 valence electrons. The number of aliphatic carboxylic acids is 1. The van der Waals surface area contributed by atoms with Gasteiger partial charge in [0.2, 0.25) is 11.8 Å². The Labute approximate surface area is 210 Å². The van der Waals surface area contributed by atoms with Crippen LogP contribution in [0.3, 0.4) is 0 Å². The van der Waals surface area contributed by atoms with Crippen LogP contribution in [0.5, 0.6) is 0 Å². The zero-order valence-electron chi connectivity index (χ0n) is 20.2. The highest BCUT2D eigenvalue weighted by molar-refractivity contribution is 6.04. The number of hydrogen-bond acceptors (Lipinski definition) is 6. The van der Waals surface area contributed by atoms with Gasteiger partial charge in [-0.2, -0.15) is 0 Å². The standard InChI is InChI=1S/C27H31N3O6/c1-18(4-2-5-21-13-15-30(26(21)33)22-11-12-24(31)28-25(22)32)36-17-20-9-7-19(8-10-20)16-29-14-3-6-23(29)27(34)35/h2,4-5,7-10,22-23H,1,3,6,11-17H2,(H,34,35)(H,28,31,32)/b4-2-,21-5+. The van der Waals surface area contributed by atoms with Crippen molar-refractivity contribution in [1.29, 1.82) is 0 Å². The summed E-state index contributed by atoms with van der Waals surface area (Å²) in [4.78, 5) is 51.0. The summed E-state index contributed by atoms with van der Waals surface area (Å²) in [6.45, 7) is 6.09. The Morgan fingerprint density at radius 3 is 2.58 bits per heavy atom. The molecule has 3 amide bonds. The second kappa shape index (κ2) is 11.3. The van der Waals surface area contributed by atoms with E-state index < -0.39 is 24.0 Å². The molecule has 0 spiro atoms. The Balaban J connectivity index is 1.23. The molecular formula is C27H31N3O6. The van der Waals surface area contributed by atoms with Gasteiger partial charge in [0.25, 0.3) is 5.91 Å². The number of rotatable bonds is 9. The molecule has 0 saturated carbocycles. The van der Waals surface area contributed by atoms with E-state index in [1.165, 1.54) is 4.90 Å². The smallest absolute Gasteiger partial charge is 0.320 e. The topological polar surface area (TPSA) is 116 Å². The second-order valence-electron chi connectivity index (χ2n) is 9.30. The van der Waals surface area contributed by atoms with E-state index in [1.807, 2.05) is 29.2 Å². The van der Waals surface area contributed by atoms with Gasteiger partial charge >= 0.3 is 5.97 Å². The van der Waals surface area contributed by atoms with E-state index in [0.717, 1.165) is 24.1 Å². The minimum Gasteiger partial charge on any atom is -0.490 e. The summed E-state index contributed by atoms with van der Waals surface area (Å²) in [5.74, 6) is -1.21. The van der Waals surface area contributed by atoms with Crippen LogP contribution in [0.25, 0.3) is 0 Å². The number of carboxylic acids is 1. The highest BCUT2D eigenvalue weighted by Crippen LogP contribution is 2.24. The zero-order chi connectivity index (χ0) is 25.7. The molecule has 36 heavy (non-hydrogen) atoms. The molecule has 4 rings (SSSR count). The van der Waals surface area contributed by atoms with E-state index in [4.69, 9.17) is 4.74 Å². The van der Waals surface area contributed by atoms with Crippen molar-refractivity contribution in [2.45, 2.75) is 57.3 Å². The number of likely N-dealkylation sites (tertiary alicyclic amines) is 2. The Bertz CT molecular complexity index is 1110. The first-order valence-electron chi connectivity index (χ1n) is 12.2. The van der Waals surface area contributed by atoms with Gasteiger partial charge in [0, 0.05) is 25.1 Å². The molecule has 1 aromatic carbocycles. The number of allylic oxidation sites excluding steroid dienone is 3. The summed E-state index contributed by atoms with van der Waals surface area (Å²) in [5, 5.41) is 11.6. The van der Waals surface area contributed by atoms with Crippen LogP contribution in [0.15, 0.2) is 60.4 Å². The van der Waals surface area contributed by atoms with E-state index >= 15 is 0 Å². The molecule has 3 heterocycles. The third-order valence-electron chi connectivity index (χ3n) is 6.81. The Morgan fingerprint density at radius 1 is 1.11 bits per heavy atom. The number of carboxylic acid groups (broad SMARTS) is 1. The number of nitrogens with one attached hydrogen (secondary N) is 1. The zero-order valence-corrected chi connectivity index (χ0v) is 20.2. The normalized spacial score (nSPS) is 24.1. The van der Waals surface area contributed by atoms with Crippen molar-refractivity contribution < 1.29 is 29.0 Å². The van der Waals surface area contributed by atoms with Gasteiger partial charge in [-0.25, -0.2) is 0 Å². The second-order valence-corrected chi connectivity index (χ2v) is 9.30. The Hall–Kier alpha value is -3.72. The first-order chi connectivity index (χ1) is 17.3. The van der Waals surface area contributed by atoms with E-state index in [1.54, 1.807) is 18.2 Å². The molecule has 1 aromatic rings. The molecule has 3 aliphatic heterocycles. The van der Waals surface area contributed by atoms with E-state index in [0.29, 0.717) is 50.3 Å². The van der Waals surface area contributed by atoms with Crippen molar-refractivity contribution in [3.63, 3.8) is 0 Å². The van der Waals surface area contributed by atoms with Gasteiger partial charge in [0.1, 0.15) is 24.4 Å². The first-order valence-corrected chi connectivity index (χ1v) is 12.2. The molecule has 0 radical (unpaired) electrons. The molecule has 2 atom stereocenters. The molecule has 0 aromatic heterocycles. The maximum atomic E-state index is 12.7. The number of carbonyl (C=O) groups is 4. The van der Waals surface area contributed by atoms with Crippen LogP contribution >= 0.6 is 0 Å². The van der Waals surface area contributed by atoms with Gasteiger partial charge < -0.3 is 14.7 Å². The quantitative estimate of drug-likeness (QED) is 0.235. The van der Waals surface area contributed by atoms with E-state index in [-0.39, 0.29) is 18.2 Å². The number of ether oxygens (including phenoxy) is 1. The summed E-state index contributed by atoms with van der Waals surface area (Å²) in [7, 11) is 0. The lowest BCUT2D eigenvalue weighted by Crippen LogP contribution is -2.52. The molecule has 2 unspecified atom stereocenters. The van der Waals surface area contributed by atoms with Crippen molar-refractivity contribution in [1.82, 2.24) is 15.1 Å². The van der Waals surface area contributed by atoms with Crippen LogP contribution in [-0.2, 0) is 37.1 Å². The number of imide groups is 1. The van der Waals surface area contributed by atoms with Crippen LogP contribution < -0.4 is 5.32 Å². The van der Waals surface area contributed by atoms with Crippen LogP contribution in [0.4, 0.5) is 0 Å². The minimum absolute atomic E-state index is 0.190. The average Bonchev–Trinajstić information content (AvgIpc) is 3.46. The van der Waals surface area contributed by atoms with Crippen LogP contribution in [0.2, 0.25) is 0 Å². The van der Waals surface area contributed by atoms with Crippen LogP contribution in [0.1, 0.15) is 43.2 Å². The van der Waals surface area contributed by atoms with Crippen molar-refractivity contribution in [3.8, 4) is 0 Å². The molecule has 3 saturated heterocycles. The highest BCUT2D eigenvalue weighted by Gasteiger charge is 2.38. The monoisotopic (exact) mass is 493 g/mol. The predicted molar refractivity (Wildman–Crippen MR) is 131 cm³/mol. The maximum Gasteiger partial charge on any atom is 0.320 e. The van der Waals surface area contributed by atoms with Crippen LogP contribution in [0, 0.1) is 0 Å². The summed E-state index contributed by atoms with van der Waals surface area (Å²) in [5.41, 5.74) is 2.63. The number of nitrogens with zero attached hydrogens (tertiary/aromatic N) is 2. The number of carbonyl (C=O) groups excluding carboxylic acids is 3. The summed E-state index contributed by atoms with van der Waals surface area (Å²) >= 11 is 0. The summed E-state index contributed by atoms with van der Waals surface area (Å²) in [6.07, 6.45) is 7.83. The lowest BCUT2D eigenvalue weighted by atomic mass is 10.0. The van der Waals surface area contributed by atoms with Gasteiger partial charge in [-0.05, 0) is 49.4 Å². The molecule has 9 nitrogen and oxygen atoms in total. The number of hydrogen-bond donors (Lipinski definition) is 2. The fraction of sp³-hybridized carbons (Fsp3) is 0.407. The van der Waals surface area contributed by atoms with Gasteiger partial charge in [0.05, 0.1) is 0 Å². The van der Waals surface area contributed by atoms with Gasteiger partial charge in [0.15, 0.2) is 0 Å². The van der Waals surface area contributed by atoms with E-state index in [9.17, 15) is 24.3 Å². The van der Waals surface area contributed by atoms with E-state index in [2.05, 4.69) is 11.9 Å². The van der Waals surface area contributed by atoms with Crippen molar-refractivity contribution in [2.24, 2.45) is 0 Å². The summed E-state index contributed by atoms with van der Waals surface area (Å²) in [6, 6.07) is 6.89. The Kier molecular flexibility index (Phi) is 8.00.